The van der Waals surface area contributed by atoms with Crippen molar-refractivity contribution in [1.82, 2.24) is 0 Å². The van der Waals surface area contributed by atoms with E-state index in [2.05, 4.69) is 0 Å². The molecule has 112 valence electrons. The third-order valence-corrected chi connectivity index (χ3v) is 4.36. The monoisotopic (exact) mass is 318 g/mol. The van der Waals surface area contributed by atoms with Crippen molar-refractivity contribution >= 4 is 25.0 Å². The van der Waals surface area contributed by atoms with Crippen molar-refractivity contribution in [2.45, 2.75) is 20.8 Å². The fourth-order valence-corrected chi connectivity index (χ4v) is 2.75. The van der Waals surface area contributed by atoms with Gasteiger partial charge in [-0.1, -0.05) is 29.8 Å². The predicted octanol–water partition coefficient (Wildman–Crippen LogP) is 4.94. The van der Waals surface area contributed by atoms with Crippen molar-refractivity contribution < 1.29 is 18.1 Å². The number of halogens is 1. The number of phosphoric acid groups is 1. The summed E-state index contributed by atoms with van der Waals surface area (Å²) in [5, 5.41) is 0.690. The van der Waals surface area contributed by atoms with Crippen LogP contribution in [-0.2, 0) is 18.1 Å². The highest BCUT2D eigenvalue weighted by Crippen LogP contribution is 2.49. The smallest absolute Gasteiger partial charge is 0.287 e. The fraction of sp³-hybridized carbons (Fsp3) is 0.429. The van der Waals surface area contributed by atoms with Gasteiger partial charge in [-0.05, 0) is 44.0 Å². The largest absolute Gasteiger partial charge is 0.475 e. The van der Waals surface area contributed by atoms with E-state index in [0.717, 1.165) is 11.1 Å². The molecule has 4 nitrogen and oxygen atoms in total. The average Bonchev–Trinajstić information content (AvgIpc) is 2.39. The van der Waals surface area contributed by atoms with Crippen molar-refractivity contribution in [2.75, 3.05) is 19.8 Å². The molecule has 0 unspecified atom stereocenters. The summed E-state index contributed by atoms with van der Waals surface area (Å²) in [4.78, 5) is 0. The van der Waals surface area contributed by atoms with E-state index < -0.39 is 7.82 Å². The van der Waals surface area contributed by atoms with Gasteiger partial charge in [-0.3, -0.25) is 13.6 Å². The van der Waals surface area contributed by atoms with E-state index in [-0.39, 0.29) is 19.8 Å². The molecule has 0 radical (unpaired) electrons. The van der Waals surface area contributed by atoms with E-state index in [9.17, 15) is 4.57 Å². The van der Waals surface area contributed by atoms with Crippen molar-refractivity contribution in [3.05, 3.63) is 40.9 Å². The Labute approximate surface area is 125 Å². The molecule has 0 heterocycles. The van der Waals surface area contributed by atoms with Crippen LogP contribution < -0.4 is 0 Å². The second kappa shape index (κ2) is 8.60. The second-order valence-corrected chi connectivity index (χ2v) is 6.08. The normalized spacial score (nSPS) is 12.7. The number of benzene rings is 1. The summed E-state index contributed by atoms with van der Waals surface area (Å²) in [6.07, 6.45) is 1.83. The zero-order valence-corrected chi connectivity index (χ0v) is 13.6. The van der Waals surface area contributed by atoms with Crippen LogP contribution in [-0.4, -0.2) is 19.8 Å². The molecule has 0 aliphatic carbocycles. The van der Waals surface area contributed by atoms with Gasteiger partial charge in [-0.25, -0.2) is 4.57 Å². The van der Waals surface area contributed by atoms with Gasteiger partial charge in [0.2, 0.25) is 0 Å². The highest BCUT2D eigenvalue weighted by atomic mass is 35.5. The maximum absolute atomic E-state index is 12.1. The fourth-order valence-electron chi connectivity index (χ4n) is 1.51. The van der Waals surface area contributed by atoms with Gasteiger partial charge in [0.05, 0.1) is 19.8 Å². The molecule has 0 aliphatic rings. The van der Waals surface area contributed by atoms with Gasteiger partial charge in [0.25, 0.3) is 0 Å². The van der Waals surface area contributed by atoms with E-state index in [0.29, 0.717) is 5.02 Å². The molecular weight excluding hydrogens is 299 g/mol. The molecule has 0 bridgehead atoms. The van der Waals surface area contributed by atoms with E-state index >= 15 is 0 Å². The third kappa shape index (κ3) is 5.78. The first-order valence-corrected chi connectivity index (χ1v) is 8.31. The van der Waals surface area contributed by atoms with Gasteiger partial charge < -0.3 is 0 Å². The van der Waals surface area contributed by atoms with E-state index in [1.165, 1.54) is 0 Å². The maximum atomic E-state index is 12.1. The Morgan fingerprint density at radius 1 is 1.15 bits per heavy atom. The first-order chi connectivity index (χ1) is 9.50. The van der Waals surface area contributed by atoms with E-state index in [1.807, 2.05) is 37.3 Å². The molecule has 1 aromatic carbocycles. The molecule has 1 rings (SSSR count). The van der Waals surface area contributed by atoms with Crippen LogP contribution in [0.1, 0.15) is 26.3 Å². The molecule has 20 heavy (non-hydrogen) atoms. The Morgan fingerprint density at radius 3 is 2.20 bits per heavy atom. The SMILES string of the molecule is CCOP(=O)(OCC)OC/C=C(\C)c1ccc(Cl)cc1. The number of rotatable bonds is 8. The molecule has 0 saturated heterocycles. The number of hydrogen-bond acceptors (Lipinski definition) is 4. The molecule has 0 fully saturated rings. The predicted molar refractivity (Wildman–Crippen MR) is 81.9 cm³/mol. The van der Waals surface area contributed by atoms with E-state index in [4.69, 9.17) is 25.2 Å². The molecule has 0 aromatic heterocycles. The quantitative estimate of drug-likeness (QED) is 0.637. The summed E-state index contributed by atoms with van der Waals surface area (Å²) in [7, 11) is -3.44. The molecule has 0 spiro atoms. The molecule has 0 atom stereocenters. The number of phosphoric ester groups is 1. The van der Waals surface area contributed by atoms with Crippen LogP contribution >= 0.6 is 19.4 Å². The van der Waals surface area contributed by atoms with Crippen molar-refractivity contribution in [1.29, 1.82) is 0 Å². The summed E-state index contributed by atoms with van der Waals surface area (Å²) in [5.74, 6) is 0. The summed E-state index contributed by atoms with van der Waals surface area (Å²) in [6, 6.07) is 7.47. The minimum absolute atomic E-state index is 0.158. The first kappa shape index (κ1) is 17.4. The molecular formula is C14H20ClO4P. The van der Waals surface area contributed by atoms with Crippen LogP contribution in [0, 0.1) is 0 Å². The highest BCUT2D eigenvalue weighted by Gasteiger charge is 2.24. The third-order valence-electron chi connectivity index (χ3n) is 2.50. The zero-order valence-electron chi connectivity index (χ0n) is 12.0. The lowest BCUT2D eigenvalue weighted by atomic mass is 10.1. The zero-order chi connectivity index (χ0) is 15.0. The Hall–Kier alpha value is -0.640. The number of allylic oxidation sites excluding steroid dienone is 1. The van der Waals surface area contributed by atoms with Crippen LogP contribution in [0.15, 0.2) is 30.3 Å². The molecule has 1 aromatic rings. The van der Waals surface area contributed by atoms with Gasteiger partial charge in [0.15, 0.2) is 0 Å². The molecule has 0 saturated carbocycles. The second-order valence-electron chi connectivity index (χ2n) is 3.97. The molecule has 0 amide bonds. The maximum Gasteiger partial charge on any atom is 0.475 e. The van der Waals surface area contributed by atoms with Crippen LogP contribution in [0.2, 0.25) is 5.02 Å². The lowest BCUT2D eigenvalue weighted by Crippen LogP contribution is -2.00. The topological polar surface area (TPSA) is 44.8 Å². The van der Waals surface area contributed by atoms with Crippen LogP contribution in [0.3, 0.4) is 0 Å². The first-order valence-electron chi connectivity index (χ1n) is 6.47. The Kier molecular flexibility index (Phi) is 7.49. The Bertz CT molecular complexity index is 474. The standard InChI is InChI=1S/C14H20ClO4P/c1-4-17-20(16,18-5-2)19-11-10-12(3)13-6-8-14(15)9-7-13/h6-10H,4-5,11H2,1-3H3/b12-10+. The number of hydrogen-bond donors (Lipinski definition) is 0. The van der Waals surface area contributed by atoms with Crippen molar-refractivity contribution in [3.63, 3.8) is 0 Å². The van der Waals surface area contributed by atoms with Crippen molar-refractivity contribution in [3.8, 4) is 0 Å². The average molecular weight is 319 g/mol. The van der Waals surface area contributed by atoms with Gasteiger partial charge in [-0.15, -0.1) is 0 Å². The summed E-state index contributed by atoms with van der Waals surface area (Å²) < 4.78 is 27.4. The van der Waals surface area contributed by atoms with Crippen LogP contribution in [0.4, 0.5) is 0 Å². The minimum Gasteiger partial charge on any atom is -0.287 e. The van der Waals surface area contributed by atoms with Gasteiger partial charge in [0.1, 0.15) is 0 Å². The van der Waals surface area contributed by atoms with Crippen LogP contribution in [0.25, 0.3) is 5.57 Å². The molecule has 6 heteroatoms. The Morgan fingerprint density at radius 2 is 1.70 bits per heavy atom. The summed E-state index contributed by atoms with van der Waals surface area (Å²) >= 11 is 5.84. The highest BCUT2D eigenvalue weighted by molar-refractivity contribution is 7.48. The Balaban J connectivity index is 2.62. The van der Waals surface area contributed by atoms with Gasteiger partial charge in [0, 0.05) is 5.02 Å². The summed E-state index contributed by atoms with van der Waals surface area (Å²) in [6.45, 7) is 6.13. The van der Waals surface area contributed by atoms with E-state index in [1.54, 1.807) is 13.8 Å². The molecule has 0 aliphatic heterocycles. The van der Waals surface area contributed by atoms with Crippen LogP contribution in [0.5, 0.6) is 0 Å². The summed E-state index contributed by atoms with van der Waals surface area (Å²) in [5.41, 5.74) is 2.03. The van der Waals surface area contributed by atoms with Gasteiger partial charge in [-0.2, -0.15) is 0 Å². The van der Waals surface area contributed by atoms with Crippen molar-refractivity contribution in [2.24, 2.45) is 0 Å². The molecule has 0 N–H and O–H groups in total. The lowest BCUT2D eigenvalue weighted by Gasteiger charge is -2.15. The lowest BCUT2D eigenvalue weighted by molar-refractivity contribution is 0.131. The van der Waals surface area contributed by atoms with Gasteiger partial charge >= 0.3 is 7.82 Å². The minimum atomic E-state index is -3.44.